The van der Waals surface area contributed by atoms with Crippen LogP contribution in [0.3, 0.4) is 0 Å². The van der Waals surface area contributed by atoms with Crippen LogP contribution in [0.1, 0.15) is 52.4 Å². The molecule has 160 valence electrons. The monoisotopic (exact) mass is 415 g/mol. The second-order valence-corrected chi connectivity index (χ2v) is 8.38. The summed E-state index contributed by atoms with van der Waals surface area (Å²) in [5.74, 6) is 1.31. The number of aryl methyl sites for hydroxylation is 1. The normalized spacial score (nSPS) is 15.1. The minimum atomic E-state index is 0.561. The number of nitrogens with one attached hydrogen (secondary N) is 1. The summed E-state index contributed by atoms with van der Waals surface area (Å²) in [6.45, 7) is 8.98. The fraction of sp³-hybridized carbons (Fsp3) is 0.400. The Morgan fingerprint density at radius 2 is 1.94 bits per heavy atom. The summed E-state index contributed by atoms with van der Waals surface area (Å²) in [5, 5.41) is 17.0. The summed E-state index contributed by atoms with van der Waals surface area (Å²) in [4.78, 5) is 7.27. The van der Waals surface area contributed by atoms with Crippen LogP contribution in [0.5, 0.6) is 5.75 Å². The van der Waals surface area contributed by atoms with Crippen molar-refractivity contribution in [2.75, 3.05) is 20.2 Å². The Balaban J connectivity index is 1.59. The van der Waals surface area contributed by atoms with Gasteiger partial charge in [-0.15, -0.1) is 0 Å². The number of nitriles is 1. The van der Waals surface area contributed by atoms with Gasteiger partial charge in [0.05, 0.1) is 18.4 Å². The average Bonchev–Trinajstić information content (AvgIpc) is 3.33. The molecule has 31 heavy (non-hydrogen) atoms. The Morgan fingerprint density at radius 3 is 2.58 bits per heavy atom. The van der Waals surface area contributed by atoms with Crippen LogP contribution in [0.25, 0.3) is 11.3 Å². The molecule has 0 aliphatic carbocycles. The molecule has 1 aromatic carbocycles. The van der Waals surface area contributed by atoms with E-state index in [1.54, 1.807) is 7.11 Å². The van der Waals surface area contributed by atoms with Crippen LogP contribution in [0.15, 0.2) is 30.5 Å². The fourth-order valence-corrected chi connectivity index (χ4v) is 4.47. The van der Waals surface area contributed by atoms with E-state index in [2.05, 4.69) is 39.4 Å². The number of H-pyrrole nitrogens is 1. The quantitative estimate of drug-likeness (QED) is 0.656. The maximum absolute atomic E-state index is 9.83. The van der Waals surface area contributed by atoms with E-state index in [-0.39, 0.29) is 0 Å². The van der Waals surface area contributed by atoms with Gasteiger partial charge >= 0.3 is 0 Å². The number of hydrogen-bond donors (Lipinski definition) is 1. The Bertz CT molecular complexity index is 1110. The SMILES string of the molecule is COc1ccc(CN2CCC(c3ccn[nH]3)CC2)cc1-c1nc(C)c(C)c(C)c1C#N. The maximum Gasteiger partial charge on any atom is 0.128 e. The molecular weight excluding hydrogens is 386 g/mol. The van der Waals surface area contributed by atoms with Crippen molar-refractivity contribution in [3.8, 4) is 23.1 Å². The van der Waals surface area contributed by atoms with Gasteiger partial charge < -0.3 is 4.74 Å². The minimum Gasteiger partial charge on any atom is -0.496 e. The predicted octanol–water partition coefficient (Wildman–Crippen LogP) is 4.66. The summed E-state index contributed by atoms with van der Waals surface area (Å²) in [5.41, 5.74) is 7.66. The highest BCUT2D eigenvalue weighted by atomic mass is 16.5. The van der Waals surface area contributed by atoms with Crippen LogP contribution >= 0.6 is 0 Å². The van der Waals surface area contributed by atoms with Crippen molar-refractivity contribution in [2.24, 2.45) is 0 Å². The maximum atomic E-state index is 9.83. The first-order valence-corrected chi connectivity index (χ1v) is 10.8. The molecule has 4 rings (SSSR count). The van der Waals surface area contributed by atoms with E-state index in [1.807, 2.05) is 33.0 Å². The molecule has 1 fully saturated rings. The van der Waals surface area contributed by atoms with E-state index < -0.39 is 0 Å². The second-order valence-electron chi connectivity index (χ2n) is 8.38. The molecule has 0 amide bonds. The first-order valence-electron chi connectivity index (χ1n) is 10.8. The first kappa shape index (κ1) is 21.1. The van der Waals surface area contributed by atoms with Crippen molar-refractivity contribution in [3.05, 3.63) is 64.1 Å². The van der Waals surface area contributed by atoms with Gasteiger partial charge in [-0.3, -0.25) is 15.0 Å². The van der Waals surface area contributed by atoms with Gasteiger partial charge in [-0.2, -0.15) is 10.4 Å². The average molecular weight is 416 g/mol. The summed E-state index contributed by atoms with van der Waals surface area (Å²) in [6, 6.07) is 10.7. The molecule has 1 N–H and O–H groups in total. The Kier molecular flexibility index (Phi) is 6.06. The summed E-state index contributed by atoms with van der Waals surface area (Å²) in [6.07, 6.45) is 4.09. The van der Waals surface area contributed by atoms with E-state index in [0.29, 0.717) is 17.2 Å². The first-order chi connectivity index (χ1) is 15.0. The van der Waals surface area contributed by atoms with Gasteiger partial charge in [-0.25, -0.2) is 0 Å². The molecule has 0 bridgehead atoms. The summed E-state index contributed by atoms with van der Waals surface area (Å²) >= 11 is 0. The number of methoxy groups -OCH3 is 1. The zero-order chi connectivity index (χ0) is 22.0. The highest BCUT2D eigenvalue weighted by molar-refractivity contribution is 5.75. The van der Waals surface area contributed by atoms with E-state index in [0.717, 1.165) is 60.6 Å². The number of hydrogen-bond acceptors (Lipinski definition) is 5. The lowest BCUT2D eigenvalue weighted by atomic mass is 9.93. The molecule has 1 aliphatic heterocycles. The number of rotatable bonds is 5. The third-order valence-electron chi connectivity index (χ3n) is 6.58. The molecule has 0 atom stereocenters. The third kappa shape index (κ3) is 4.19. The second kappa shape index (κ2) is 8.91. The smallest absolute Gasteiger partial charge is 0.128 e. The van der Waals surface area contributed by atoms with Gasteiger partial charge in [-0.1, -0.05) is 6.07 Å². The van der Waals surface area contributed by atoms with Crippen molar-refractivity contribution >= 4 is 0 Å². The van der Waals surface area contributed by atoms with Crippen LogP contribution in [0.4, 0.5) is 0 Å². The predicted molar refractivity (Wildman–Crippen MR) is 121 cm³/mol. The van der Waals surface area contributed by atoms with Crippen molar-refractivity contribution in [2.45, 2.75) is 46.1 Å². The molecule has 3 aromatic rings. The number of pyridine rings is 1. The molecule has 2 aromatic heterocycles. The van der Waals surface area contributed by atoms with Gasteiger partial charge in [0, 0.05) is 35.6 Å². The lowest BCUT2D eigenvalue weighted by Gasteiger charge is -2.31. The van der Waals surface area contributed by atoms with Gasteiger partial charge in [-0.05, 0) is 81.6 Å². The van der Waals surface area contributed by atoms with Gasteiger partial charge in [0.1, 0.15) is 11.8 Å². The molecule has 0 saturated carbocycles. The van der Waals surface area contributed by atoms with Crippen LogP contribution in [0.2, 0.25) is 0 Å². The number of aromatic nitrogens is 3. The highest BCUT2D eigenvalue weighted by Gasteiger charge is 2.22. The van der Waals surface area contributed by atoms with Gasteiger partial charge in [0.25, 0.3) is 0 Å². The molecule has 0 radical (unpaired) electrons. The third-order valence-corrected chi connectivity index (χ3v) is 6.58. The molecule has 6 nitrogen and oxygen atoms in total. The molecule has 3 heterocycles. The van der Waals surface area contributed by atoms with E-state index in [9.17, 15) is 5.26 Å². The number of piperidine rings is 1. The number of benzene rings is 1. The lowest BCUT2D eigenvalue weighted by molar-refractivity contribution is 0.203. The largest absolute Gasteiger partial charge is 0.496 e. The van der Waals surface area contributed by atoms with Gasteiger partial charge in [0.2, 0.25) is 0 Å². The number of aromatic amines is 1. The number of likely N-dealkylation sites (tertiary alicyclic amines) is 1. The van der Waals surface area contributed by atoms with E-state index in [4.69, 9.17) is 9.72 Å². The highest BCUT2D eigenvalue weighted by Crippen LogP contribution is 2.35. The van der Waals surface area contributed by atoms with Crippen LogP contribution in [0, 0.1) is 32.1 Å². The van der Waals surface area contributed by atoms with Gasteiger partial charge in [0.15, 0.2) is 0 Å². The van der Waals surface area contributed by atoms with Crippen molar-refractivity contribution in [1.29, 1.82) is 5.26 Å². The Morgan fingerprint density at radius 1 is 1.16 bits per heavy atom. The molecule has 6 heteroatoms. The van der Waals surface area contributed by atoms with E-state index in [1.165, 1.54) is 11.3 Å². The molecule has 0 spiro atoms. The van der Waals surface area contributed by atoms with Crippen molar-refractivity contribution in [3.63, 3.8) is 0 Å². The Labute approximate surface area is 183 Å². The molecule has 0 unspecified atom stereocenters. The van der Waals surface area contributed by atoms with E-state index >= 15 is 0 Å². The zero-order valence-corrected chi connectivity index (χ0v) is 18.7. The standard InChI is InChI=1S/C25H29N5O/c1-16-17(2)22(14-26)25(28-18(16)3)21-13-19(5-6-24(21)31-4)15-30-11-8-20(9-12-30)23-7-10-27-29-23/h5-7,10,13,20H,8-9,11-12,15H2,1-4H3,(H,27,29). The topological polar surface area (TPSA) is 77.8 Å². The number of nitrogens with zero attached hydrogens (tertiary/aromatic N) is 4. The van der Waals surface area contributed by atoms with Crippen LogP contribution in [-0.4, -0.2) is 40.3 Å². The van der Waals surface area contributed by atoms with Crippen molar-refractivity contribution in [1.82, 2.24) is 20.1 Å². The van der Waals surface area contributed by atoms with Crippen LogP contribution < -0.4 is 4.74 Å². The summed E-state index contributed by atoms with van der Waals surface area (Å²) < 4.78 is 5.64. The number of ether oxygens (including phenoxy) is 1. The Hall–Kier alpha value is -3.17. The molecule has 1 aliphatic rings. The lowest BCUT2D eigenvalue weighted by Crippen LogP contribution is -2.32. The van der Waals surface area contributed by atoms with Crippen LogP contribution in [-0.2, 0) is 6.54 Å². The zero-order valence-electron chi connectivity index (χ0n) is 18.7. The summed E-state index contributed by atoms with van der Waals surface area (Å²) in [7, 11) is 1.67. The minimum absolute atomic E-state index is 0.561. The molecular formula is C25H29N5O. The van der Waals surface area contributed by atoms with Crippen molar-refractivity contribution < 1.29 is 4.74 Å². The fourth-order valence-electron chi connectivity index (χ4n) is 4.47. The molecule has 1 saturated heterocycles.